The summed E-state index contributed by atoms with van der Waals surface area (Å²) in [6.45, 7) is 0.932. The lowest BCUT2D eigenvalue weighted by atomic mass is 10.0. The zero-order valence-corrected chi connectivity index (χ0v) is 16.5. The number of likely N-dealkylation sites (N-methyl/N-ethyl adjacent to an activating group) is 1. The number of halogens is 1. The van der Waals surface area contributed by atoms with Gasteiger partial charge in [-0.05, 0) is 36.8 Å². The average Bonchev–Trinajstić information content (AvgIpc) is 2.74. The number of aromatic nitrogens is 2. The normalized spacial score (nSPS) is 18.9. The predicted molar refractivity (Wildman–Crippen MR) is 113 cm³/mol. The number of amides is 1. The fourth-order valence-corrected chi connectivity index (χ4v) is 3.74. The van der Waals surface area contributed by atoms with Crippen LogP contribution in [-0.4, -0.2) is 48.2 Å². The number of pyridine rings is 2. The van der Waals surface area contributed by atoms with Crippen LogP contribution in [0.2, 0.25) is 0 Å². The van der Waals surface area contributed by atoms with Gasteiger partial charge in [0, 0.05) is 43.0 Å². The van der Waals surface area contributed by atoms with Crippen molar-refractivity contribution in [1.82, 2.24) is 9.97 Å². The molecule has 0 aliphatic carbocycles. The molecule has 1 aliphatic heterocycles. The highest BCUT2D eigenvalue weighted by molar-refractivity contribution is 6.00. The Bertz CT molecular complexity index is 1090. The monoisotopic (exact) mass is 410 g/mol. The van der Waals surface area contributed by atoms with E-state index in [4.69, 9.17) is 16.2 Å². The van der Waals surface area contributed by atoms with Gasteiger partial charge in [-0.25, -0.2) is 9.37 Å². The number of hydrogen-bond donors (Lipinski definition) is 3. The molecule has 9 heteroatoms. The van der Waals surface area contributed by atoms with Crippen LogP contribution in [0.25, 0.3) is 10.9 Å². The summed E-state index contributed by atoms with van der Waals surface area (Å²) >= 11 is 0. The van der Waals surface area contributed by atoms with Crippen LogP contribution in [0.3, 0.4) is 0 Å². The molecule has 1 aliphatic rings. The second-order valence-corrected chi connectivity index (χ2v) is 7.26. The van der Waals surface area contributed by atoms with Crippen LogP contribution in [-0.2, 0) is 4.74 Å². The van der Waals surface area contributed by atoms with Crippen LogP contribution in [0.1, 0.15) is 16.8 Å². The third-order valence-corrected chi connectivity index (χ3v) is 5.32. The van der Waals surface area contributed by atoms with E-state index in [1.54, 1.807) is 18.1 Å². The summed E-state index contributed by atoms with van der Waals surface area (Å²) in [4.78, 5) is 22.4. The van der Waals surface area contributed by atoms with Gasteiger partial charge in [-0.1, -0.05) is 6.07 Å². The number of rotatable bonds is 5. The van der Waals surface area contributed by atoms with Crippen molar-refractivity contribution in [2.24, 2.45) is 11.5 Å². The molecule has 3 aromatic rings. The maximum atomic E-state index is 14.9. The quantitative estimate of drug-likeness (QED) is 0.590. The van der Waals surface area contributed by atoms with Crippen molar-refractivity contribution < 1.29 is 13.9 Å². The lowest BCUT2D eigenvalue weighted by Gasteiger charge is -2.36. The van der Waals surface area contributed by atoms with Gasteiger partial charge in [0.25, 0.3) is 5.91 Å². The van der Waals surface area contributed by atoms with Crippen molar-refractivity contribution in [1.29, 1.82) is 0 Å². The van der Waals surface area contributed by atoms with Crippen molar-refractivity contribution in [3.8, 4) is 0 Å². The highest BCUT2D eigenvalue weighted by Crippen LogP contribution is 2.30. The average molecular weight is 410 g/mol. The molecule has 30 heavy (non-hydrogen) atoms. The van der Waals surface area contributed by atoms with Crippen LogP contribution in [0.4, 0.5) is 21.7 Å². The Morgan fingerprint density at radius 3 is 2.93 bits per heavy atom. The number of benzene rings is 1. The van der Waals surface area contributed by atoms with Gasteiger partial charge in [0.15, 0.2) is 11.6 Å². The first-order valence-corrected chi connectivity index (χ1v) is 9.63. The minimum Gasteiger partial charge on any atom is -0.380 e. The predicted octanol–water partition coefficient (Wildman–Crippen LogP) is 2.16. The number of ether oxygens (including phenoxy) is 1. The maximum Gasteiger partial charge on any atom is 0.252 e. The van der Waals surface area contributed by atoms with E-state index < -0.39 is 11.7 Å². The van der Waals surface area contributed by atoms with Crippen molar-refractivity contribution in [3.63, 3.8) is 0 Å². The molecule has 8 nitrogen and oxygen atoms in total. The van der Waals surface area contributed by atoms with Crippen molar-refractivity contribution in [2.75, 3.05) is 30.5 Å². The number of carbonyl (C=O) groups is 1. The molecule has 1 aromatic carbocycles. The second-order valence-electron chi connectivity index (χ2n) is 7.26. The van der Waals surface area contributed by atoms with Crippen LogP contribution < -0.4 is 21.7 Å². The summed E-state index contributed by atoms with van der Waals surface area (Å²) in [6.07, 6.45) is 2.34. The first-order valence-electron chi connectivity index (χ1n) is 9.63. The third-order valence-electron chi connectivity index (χ3n) is 5.32. The van der Waals surface area contributed by atoms with E-state index in [9.17, 15) is 9.18 Å². The fourth-order valence-electron chi connectivity index (χ4n) is 3.74. The zero-order chi connectivity index (χ0) is 21.3. The molecule has 1 saturated heterocycles. The zero-order valence-electron chi connectivity index (χ0n) is 16.5. The van der Waals surface area contributed by atoms with Crippen LogP contribution in [0.15, 0.2) is 42.6 Å². The Hall–Kier alpha value is -3.30. The van der Waals surface area contributed by atoms with Gasteiger partial charge in [0.2, 0.25) is 0 Å². The Morgan fingerprint density at radius 1 is 1.33 bits per heavy atom. The molecule has 3 heterocycles. The molecule has 5 N–H and O–H groups in total. The van der Waals surface area contributed by atoms with Crippen LogP contribution in [0, 0.1) is 5.82 Å². The Kier molecular flexibility index (Phi) is 5.47. The molecule has 0 saturated carbocycles. The Labute approximate surface area is 173 Å². The Balaban J connectivity index is 1.76. The topological polar surface area (TPSA) is 119 Å². The molecular formula is C21H23FN6O2. The third kappa shape index (κ3) is 3.77. The summed E-state index contributed by atoms with van der Waals surface area (Å²) < 4.78 is 20.3. The van der Waals surface area contributed by atoms with Gasteiger partial charge in [0.05, 0.1) is 17.7 Å². The lowest BCUT2D eigenvalue weighted by molar-refractivity contribution is 0.0696. The van der Waals surface area contributed by atoms with Crippen LogP contribution in [0.5, 0.6) is 0 Å². The summed E-state index contributed by atoms with van der Waals surface area (Å²) in [7, 11) is 1.73. The van der Waals surface area contributed by atoms with Crippen molar-refractivity contribution >= 4 is 34.1 Å². The van der Waals surface area contributed by atoms with Gasteiger partial charge in [-0.3, -0.25) is 9.78 Å². The van der Waals surface area contributed by atoms with Gasteiger partial charge in [-0.2, -0.15) is 0 Å². The first-order chi connectivity index (χ1) is 14.5. The molecule has 0 bridgehead atoms. The smallest absolute Gasteiger partial charge is 0.252 e. The minimum absolute atomic E-state index is 0.0400. The van der Waals surface area contributed by atoms with E-state index >= 15 is 0 Å². The van der Waals surface area contributed by atoms with Gasteiger partial charge < -0.3 is 26.4 Å². The molecule has 0 spiro atoms. The standard InChI is InChI=1S/C21H23FN6O2/c1-28(18-7-9-30-11-15(18)23)21-14(22)10-13(19(24)29)20(27-21)26-17-6-2-5-16-12(17)4-3-8-25-16/h2-6,8,10,15,18H,7,9,11,23H2,1H3,(H2,24,29)(H,26,27)/t15?,18-/m1/s1. The Morgan fingerprint density at radius 2 is 2.17 bits per heavy atom. The number of carbonyl (C=O) groups excluding carboxylic acids is 1. The number of anilines is 3. The lowest BCUT2D eigenvalue weighted by Crippen LogP contribution is -2.52. The minimum atomic E-state index is -0.778. The molecule has 1 fully saturated rings. The van der Waals surface area contributed by atoms with Crippen molar-refractivity contribution in [2.45, 2.75) is 18.5 Å². The van der Waals surface area contributed by atoms with E-state index in [2.05, 4.69) is 15.3 Å². The number of hydrogen-bond acceptors (Lipinski definition) is 7. The van der Waals surface area contributed by atoms with Gasteiger partial charge in [-0.15, -0.1) is 0 Å². The summed E-state index contributed by atoms with van der Waals surface area (Å²) in [5.74, 6) is -1.17. The molecule has 1 unspecified atom stereocenters. The van der Waals surface area contributed by atoms with E-state index in [0.29, 0.717) is 25.3 Å². The van der Waals surface area contributed by atoms with Crippen LogP contribution >= 0.6 is 0 Å². The summed E-state index contributed by atoms with van der Waals surface area (Å²) in [6, 6.07) is 9.93. The molecule has 4 rings (SSSR count). The fraction of sp³-hybridized carbons (Fsp3) is 0.286. The number of primary amides is 1. The number of nitrogens with two attached hydrogens (primary N) is 2. The second kappa shape index (κ2) is 8.21. The molecule has 156 valence electrons. The summed E-state index contributed by atoms with van der Waals surface area (Å²) in [5, 5.41) is 3.97. The highest BCUT2D eigenvalue weighted by atomic mass is 19.1. The molecule has 1 amide bonds. The molecule has 2 aromatic heterocycles. The first kappa shape index (κ1) is 20.0. The molecule has 0 radical (unpaired) electrons. The van der Waals surface area contributed by atoms with E-state index in [0.717, 1.165) is 17.0 Å². The van der Waals surface area contributed by atoms with Gasteiger partial charge >= 0.3 is 0 Å². The number of nitrogens with one attached hydrogen (secondary N) is 1. The molecule has 2 atom stereocenters. The number of fused-ring (bicyclic) bond motifs is 1. The largest absolute Gasteiger partial charge is 0.380 e. The number of nitrogens with zero attached hydrogens (tertiary/aromatic N) is 3. The molecular weight excluding hydrogens is 387 g/mol. The SMILES string of the molecule is CN(c1nc(Nc2cccc3ncccc23)c(C(N)=O)cc1F)[C@@H]1CCOCC1N. The van der Waals surface area contributed by atoms with E-state index in [1.165, 1.54) is 0 Å². The van der Waals surface area contributed by atoms with E-state index in [-0.39, 0.29) is 29.3 Å². The van der Waals surface area contributed by atoms with Gasteiger partial charge in [0.1, 0.15) is 5.82 Å². The highest BCUT2D eigenvalue weighted by Gasteiger charge is 2.29. The van der Waals surface area contributed by atoms with Crippen molar-refractivity contribution in [3.05, 3.63) is 54.0 Å². The van der Waals surface area contributed by atoms with E-state index in [1.807, 2.05) is 30.3 Å². The maximum absolute atomic E-state index is 14.9. The summed E-state index contributed by atoms with van der Waals surface area (Å²) in [5.41, 5.74) is 13.1.